The Balaban J connectivity index is 2.68. The van der Waals surface area contributed by atoms with E-state index >= 15 is 0 Å². The smallest absolute Gasteiger partial charge is 0.410 e. The maximum Gasteiger partial charge on any atom is 0.410 e. The first-order valence-electron chi connectivity index (χ1n) is 6.59. The second-order valence-corrected chi connectivity index (χ2v) is 5.49. The fourth-order valence-corrected chi connectivity index (χ4v) is 1.61. The van der Waals surface area contributed by atoms with Crippen LogP contribution in [0.4, 0.5) is 4.79 Å². The van der Waals surface area contributed by atoms with E-state index in [1.807, 2.05) is 58.2 Å². The minimum absolute atomic E-state index is 0.272. The lowest BCUT2D eigenvalue weighted by Crippen LogP contribution is -2.39. The van der Waals surface area contributed by atoms with Crippen molar-refractivity contribution in [3.05, 3.63) is 35.9 Å². The molecular weight excluding hydrogens is 240 g/mol. The van der Waals surface area contributed by atoms with Crippen molar-refractivity contribution in [2.24, 2.45) is 0 Å². The lowest BCUT2D eigenvalue weighted by Gasteiger charge is -2.27. The van der Waals surface area contributed by atoms with E-state index in [1.165, 1.54) is 0 Å². The quantitative estimate of drug-likeness (QED) is 0.889. The molecule has 4 heteroatoms. The summed E-state index contributed by atoms with van der Waals surface area (Å²) >= 11 is 0. The van der Waals surface area contributed by atoms with Gasteiger partial charge in [-0.15, -0.1) is 0 Å². The van der Waals surface area contributed by atoms with Crippen molar-refractivity contribution < 1.29 is 9.53 Å². The molecule has 1 amide bonds. The molecule has 0 aliphatic heterocycles. The molecule has 0 fully saturated rings. The Morgan fingerprint density at radius 2 is 1.89 bits per heavy atom. The predicted molar refractivity (Wildman–Crippen MR) is 77.0 cm³/mol. The van der Waals surface area contributed by atoms with E-state index < -0.39 is 5.60 Å². The van der Waals surface area contributed by atoms with Gasteiger partial charge in [-0.2, -0.15) is 0 Å². The molecule has 0 radical (unpaired) electrons. The van der Waals surface area contributed by atoms with Gasteiger partial charge in [0.15, 0.2) is 0 Å². The maximum atomic E-state index is 12.1. The maximum absolute atomic E-state index is 12.1. The Morgan fingerprint density at radius 1 is 1.26 bits per heavy atom. The number of amides is 1. The molecule has 19 heavy (non-hydrogen) atoms. The van der Waals surface area contributed by atoms with E-state index in [-0.39, 0.29) is 6.09 Å². The highest BCUT2D eigenvalue weighted by molar-refractivity contribution is 5.68. The number of carbonyl (C=O) groups excluding carboxylic acids is 1. The summed E-state index contributed by atoms with van der Waals surface area (Å²) in [4.78, 5) is 13.9. The molecule has 1 rings (SSSR count). The number of carbonyl (C=O) groups is 1. The molecule has 0 bridgehead atoms. The van der Waals surface area contributed by atoms with Crippen LogP contribution in [0.5, 0.6) is 0 Å². The van der Waals surface area contributed by atoms with Gasteiger partial charge in [0, 0.05) is 19.6 Å². The van der Waals surface area contributed by atoms with Crippen molar-refractivity contribution in [2.45, 2.75) is 32.9 Å². The third-order valence-electron chi connectivity index (χ3n) is 2.50. The van der Waals surface area contributed by atoms with Gasteiger partial charge in [-0.3, -0.25) is 0 Å². The minimum atomic E-state index is -0.467. The lowest BCUT2D eigenvalue weighted by molar-refractivity contribution is 0.0236. The molecule has 0 aromatic heterocycles. The van der Waals surface area contributed by atoms with Crippen LogP contribution < -0.4 is 5.32 Å². The standard InChI is InChI=1S/C15H24N2O2/c1-15(2,3)19-14(18)17(11-10-16-4)12-13-8-6-5-7-9-13/h5-9,16H,10-12H2,1-4H3. The van der Waals surface area contributed by atoms with Crippen molar-refractivity contribution in [3.8, 4) is 0 Å². The molecule has 106 valence electrons. The SMILES string of the molecule is CNCCN(Cc1ccccc1)C(=O)OC(C)(C)C. The molecule has 0 aliphatic rings. The van der Waals surface area contributed by atoms with Gasteiger partial charge in [0.05, 0.1) is 0 Å². The first kappa shape index (κ1) is 15.5. The molecule has 0 heterocycles. The number of likely N-dealkylation sites (N-methyl/N-ethyl adjacent to an activating group) is 1. The second kappa shape index (κ2) is 7.14. The Kier molecular flexibility index (Phi) is 5.83. The average Bonchev–Trinajstić information content (AvgIpc) is 2.33. The van der Waals surface area contributed by atoms with Crippen molar-refractivity contribution in [3.63, 3.8) is 0 Å². The van der Waals surface area contributed by atoms with Crippen LogP contribution in [0.15, 0.2) is 30.3 Å². The zero-order valence-electron chi connectivity index (χ0n) is 12.3. The van der Waals surface area contributed by atoms with Crippen LogP contribution in [0.25, 0.3) is 0 Å². The van der Waals surface area contributed by atoms with E-state index in [4.69, 9.17) is 4.74 Å². The highest BCUT2D eigenvalue weighted by Gasteiger charge is 2.21. The van der Waals surface area contributed by atoms with Crippen molar-refractivity contribution in [1.82, 2.24) is 10.2 Å². The fourth-order valence-electron chi connectivity index (χ4n) is 1.61. The molecule has 0 saturated heterocycles. The number of ether oxygens (including phenoxy) is 1. The number of rotatable bonds is 5. The number of benzene rings is 1. The first-order chi connectivity index (χ1) is 8.92. The summed E-state index contributed by atoms with van der Waals surface area (Å²) in [6, 6.07) is 9.93. The van der Waals surface area contributed by atoms with E-state index in [1.54, 1.807) is 4.90 Å². The summed E-state index contributed by atoms with van der Waals surface area (Å²) in [5.74, 6) is 0. The zero-order chi connectivity index (χ0) is 14.3. The normalized spacial score (nSPS) is 11.2. The van der Waals surface area contributed by atoms with E-state index in [0.29, 0.717) is 13.1 Å². The average molecular weight is 264 g/mol. The van der Waals surface area contributed by atoms with Crippen LogP contribution >= 0.6 is 0 Å². The topological polar surface area (TPSA) is 41.6 Å². The monoisotopic (exact) mass is 264 g/mol. The van der Waals surface area contributed by atoms with Crippen LogP contribution in [-0.4, -0.2) is 36.7 Å². The summed E-state index contributed by atoms with van der Waals surface area (Å²) in [6.07, 6.45) is -0.272. The van der Waals surface area contributed by atoms with Gasteiger partial charge in [0.2, 0.25) is 0 Å². The van der Waals surface area contributed by atoms with Gasteiger partial charge in [-0.25, -0.2) is 4.79 Å². The van der Waals surface area contributed by atoms with Gasteiger partial charge in [0.25, 0.3) is 0 Å². The Hall–Kier alpha value is -1.55. The number of hydrogen-bond donors (Lipinski definition) is 1. The largest absolute Gasteiger partial charge is 0.444 e. The molecule has 1 N–H and O–H groups in total. The summed E-state index contributed by atoms with van der Waals surface area (Å²) in [6.45, 7) is 7.57. The highest BCUT2D eigenvalue weighted by Crippen LogP contribution is 2.12. The Labute approximate surface area is 115 Å². The summed E-state index contributed by atoms with van der Waals surface area (Å²) in [5.41, 5.74) is 0.635. The van der Waals surface area contributed by atoms with Gasteiger partial charge < -0.3 is 15.0 Å². The third kappa shape index (κ3) is 6.25. The van der Waals surface area contributed by atoms with E-state index in [2.05, 4.69) is 5.32 Å². The van der Waals surface area contributed by atoms with Crippen molar-refractivity contribution in [1.29, 1.82) is 0 Å². The second-order valence-electron chi connectivity index (χ2n) is 5.49. The van der Waals surface area contributed by atoms with Gasteiger partial charge >= 0.3 is 6.09 Å². The van der Waals surface area contributed by atoms with Crippen LogP contribution in [0.1, 0.15) is 26.3 Å². The minimum Gasteiger partial charge on any atom is -0.444 e. The van der Waals surface area contributed by atoms with Crippen molar-refractivity contribution in [2.75, 3.05) is 20.1 Å². The Bertz CT molecular complexity index is 385. The summed E-state index contributed by atoms with van der Waals surface area (Å²) in [5, 5.41) is 3.05. The summed E-state index contributed by atoms with van der Waals surface area (Å²) in [7, 11) is 1.87. The fraction of sp³-hybridized carbons (Fsp3) is 0.533. The molecule has 0 spiro atoms. The molecular formula is C15H24N2O2. The van der Waals surface area contributed by atoms with E-state index in [9.17, 15) is 4.79 Å². The number of hydrogen-bond acceptors (Lipinski definition) is 3. The number of nitrogens with one attached hydrogen (secondary N) is 1. The first-order valence-corrected chi connectivity index (χ1v) is 6.59. The molecule has 0 unspecified atom stereocenters. The van der Waals surface area contributed by atoms with Crippen LogP contribution in [0.2, 0.25) is 0 Å². The van der Waals surface area contributed by atoms with Gasteiger partial charge in [-0.05, 0) is 33.4 Å². The number of nitrogens with zero attached hydrogens (tertiary/aromatic N) is 1. The van der Waals surface area contributed by atoms with Gasteiger partial charge in [0.1, 0.15) is 5.60 Å². The molecule has 4 nitrogen and oxygen atoms in total. The van der Waals surface area contributed by atoms with Gasteiger partial charge in [-0.1, -0.05) is 30.3 Å². The molecule has 0 aliphatic carbocycles. The lowest BCUT2D eigenvalue weighted by atomic mass is 10.2. The van der Waals surface area contributed by atoms with Crippen LogP contribution in [0.3, 0.4) is 0 Å². The predicted octanol–water partition coefficient (Wildman–Crippen LogP) is 2.64. The van der Waals surface area contributed by atoms with Crippen molar-refractivity contribution >= 4 is 6.09 Å². The summed E-state index contributed by atoms with van der Waals surface area (Å²) < 4.78 is 5.43. The third-order valence-corrected chi connectivity index (χ3v) is 2.50. The van der Waals surface area contributed by atoms with Crippen LogP contribution in [0, 0.1) is 0 Å². The van der Waals surface area contributed by atoms with Crippen LogP contribution in [-0.2, 0) is 11.3 Å². The zero-order valence-corrected chi connectivity index (χ0v) is 12.3. The molecule has 1 aromatic rings. The Morgan fingerprint density at radius 3 is 2.42 bits per heavy atom. The molecule has 0 saturated carbocycles. The molecule has 1 aromatic carbocycles. The molecule has 0 atom stereocenters. The highest BCUT2D eigenvalue weighted by atomic mass is 16.6. The van der Waals surface area contributed by atoms with E-state index in [0.717, 1.165) is 12.1 Å².